The predicted molar refractivity (Wildman–Crippen MR) is 83.0 cm³/mol. The van der Waals surface area contributed by atoms with Crippen molar-refractivity contribution < 1.29 is 9.59 Å². The fourth-order valence-corrected chi connectivity index (χ4v) is 3.58. The summed E-state index contributed by atoms with van der Waals surface area (Å²) in [5, 5.41) is 3.71. The molecule has 6 heteroatoms. The van der Waals surface area contributed by atoms with Gasteiger partial charge in [-0.05, 0) is 33.6 Å². The van der Waals surface area contributed by atoms with Crippen LogP contribution in [0, 0.1) is 19.8 Å². The molecule has 0 spiro atoms. The van der Waals surface area contributed by atoms with Crippen LogP contribution in [0.3, 0.4) is 0 Å². The van der Waals surface area contributed by atoms with E-state index < -0.39 is 11.6 Å². The molecule has 5 nitrogen and oxygen atoms in total. The van der Waals surface area contributed by atoms with Gasteiger partial charge in [-0.25, -0.2) is 4.98 Å². The Morgan fingerprint density at radius 3 is 2.43 bits per heavy atom. The van der Waals surface area contributed by atoms with E-state index in [4.69, 9.17) is 0 Å². The predicted octanol–water partition coefficient (Wildman–Crippen LogP) is 2.02. The van der Waals surface area contributed by atoms with Crippen molar-refractivity contribution in [2.45, 2.75) is 59.7 Å². The number of hydrogen-bond donors (Lipinski definition) is 1. The summed E-state index contributed by atoms with van der Waals surface area (Å²) in [7, 11) is 0. The van der Waals surface area contributed by atoms with Gasteiger partial charge in [0.2, 0.25) is 11.8 Å². The maximum absolute atomic E-state index is 12.7. The van der Waals surface area contributed by atoms with Crippen molar-refractivity contribution in [3.63, 3.8) is 0 Å². The smallest absolute Gasteiger partial charge is 0.248 e. The number of carbonyl (C=O) groups is 2. The molecule has 116 valence electrons. The van der Waals surface area contributed by atoms with Crippen LogP contribution in [0.2, 0.25) is 0 Å². The Morgan fingerprint density at radius 2 is 1.95 bits per heavy atom. The summed E-state index contributed by atoms with van der Waals surface area (Å²) >= 11 is 1.59. The number of nitrogens with zero attached hydrogens (tertiary/aromatic N) is 2. The molecule has 1 aliphatic rings. The van der Waals surface area contributed by atoms with E-state index in [0.29, 0.717) is 6.54 Å². The zero-order chi connectivity index (χ0) is 15.9. The number of carbonyl (C=O) groups excluding carboxylic acids is 2. The highest BCUT2D eigenvalue weighted by Gasteiger charge is 2.46. The summed E-state index contributed by atoms with van der Waals surface area (Å²) in [6.45, 7) is 11.8. The summed E-state index contributed by atoms with van der Waals surface area (Å²) in [5.74, 6) is -0.0712. The number of thiazole rings is 1. The van der Waals surface area contributed by atoms with Gasteiger partial charge >= 0.3 is 0 Å². The summed E-state index contributed by atoms with van der Waals surface area (Å²) in [6, 6.07) is -0.435. The fraction of sp³-hybridized carbons (Fsp3) is 0.667. The molecule has 1 atom stereocenters. The van der Waals surface area contributed by atoms with Gasteiger partial charge in [0, 0.05) is 4.88 Å². The maximum Gasteiger partial charge on any atom is 0.248 e. The second-order valence-electron chi connectivity index (χ2n) is 6.49. The van der Waals surface area contributed by atoms with Gasteiger partial charge in [-0.2, -0.15) is 0 Å². The van der Waals surface area contributed by atoms with Gasteiger partial charge in [0.25, 0.3) is 0 Å². The van der Waals surface area contributed by atoms with Gasteiger partial charge in [0.15, 0.2) is 0 Å². The van der Waals surface area contributed by atoms with E-state index >= 15 is 0 Å². The first-order chi connectivity index (χ1) is 9.63. The Morgan fingerprint density at radius 1 is 1.33 bits per heavy atom. The highest BCUT2D eigenvalue weighted by molar-refractivity contribution is 7.11. The second kappa shape index (κ2) is 5.40. The van der Waals surface area contributed by atoms with Crippen LogP contribution in [0.25, 0.3) is 0 Å². The minimum absolute atomic E-state index is 0.0497. The van der Waals surface area contributed by atoms with Gasteiger partial charge in [-0.15, -0.1) is 11.3 Å². The molecule has 1 aromatic heterocycles. The van der Waals surface area contributed by atoms with E-state index in [-0.39, 0.29) is 17.7 Å². The van der Waals surface area contributed by atoms with Crippen molar-refractivity contribution in [1.29, 1.82) is 0 Å². The molecule has 21 heavy (non-hydrogen) atoms. The van der Waals surface area contributed by atoms with E-state index in [1.165, 1.54) is 0 Å². The maximum atomic E-state index is 12.7. The molecular formula is C15H23N3O2S. The van der Waals surface area contributed by atoms with Gasteiger partial charge in [-0.1, -0.05) is 13.8 Å². The molecule has 1 aromatic rings. The van der Waals surface area contributed by atoms with Crippen LogP contribution < -0.4 is 5.32 Å². The van der Waals surface area contributed by atoms with Gasteiger partial charge in [0.05, 0.1) is 12.2 Å². The van der Waals surface area contributed by atoms with Crippen LogP contribution in [-0.2, 0) is 16.1 Å². The molecule has 2 heterocycles. The monoisotopic (exact) mass is 309 g/mol. The number of piperazine rings is 1. The number of aryl methyl sites for hydroxylation is 2. The lowest BCUT2D eigenvalue weighted by atomic mass is 9.91. The molecule has 2 amide bonds. The second-order valence-corrected chi connectivity index (χ2v) is 7.77. The lowest BCUT2D eigenvalue weighted by molar-refractivity contribution is -0.156. The van der Waals surface area contributed by atoms with Gasteiger partial charge < -0.3 is 10.2 Å². The molecule has 0 bridgehead atoms. The number of amides is 2. The Hall–Kier alpha value is -1.43. The quantitative estimate of drug-likeness (QED) is 0.929. The third kappa shape index (κ3) is 2.95. The third-order valence-corrected chi connectivity index (χ3v) is 4.90. The number of hydrogen-bond acceptors (Lipinski definition) is 4. The Labute approximate surface area is 129 Å². The summed E-state index contributed by atoms with van der Waals surface area (Å²) in [6.07, 6.45) is 0. The summed E-state index contributed by atoms with van der Waals surface area (Å²) in [5.41, 5.74) is 0.133. The molecule has 1 saturated heterocycles. The van der Waals surface area contributed by atoms with E-state index in [9.17, 15) is 9.59 Å². The Bertz CT molecular complexity index is 558. The van der Waals surface area contributed by atoms with Crippen molar-refractivity contribution in [3.8, 4) is 0 Å². The van der Waals surface area contributed by atoms with Crippen molar-refractivity contribution >= 4 is 23.2 Å². The molecule has 2 rings (SSSR count). The van der Waals surface area contributed by atoms with Crippen LogP contribution >= 0.6 is 11.3 Å². The van der Waals surface area contributed by atoms with Gasteiger partial charge in [0.1, 0.15) is 16.6 Å². The molecule has 1 aliphatic heterocycles. The van der Waals surface area contributed by atoms with Crippen LogP contribution in [0.5, 0.6) is 0 Å². The molecule has 1 N–H and O–H groups in total. The van der Waals surface area contributed by atoms with Crippen molar-refractivity contribution in [1.82, 2.24) is 15.2 Å². The lowest BCUT2D eigenvalue weighted by Gasteiger charge is -2.44. The van der Waals surface area contributed by atoms with E-state index in [1.807, 2.05) is 27.7 Å². The van der Waals surface area contributed by atoms with Gasteiger partial charge in [-0.3, -0.25) is 9.59 Å². The number of rotatable bonds is 3. The van der Waals surface area contributed by atoms with E-state index in [2.05, 4.69) is 10.3 Å². The highest BCUT2D eigenvalue weighted by atomic mass is 32.1. The molecule has 0 radical (unpaired) electrons. The average molecular weight is 309 g/mol. The highest BCUT2D eigenvalue weighted by Crippen LogP contribution is 2.26. The largest absolute Gasteiger partial charge is 0.340 e. The first-order valence-corrected chi connectivity index (χ1v) is 8.01. The Kier molecular flexibility index (Phi) is 4.10. The topological polar surface area (TPSA) is 62.3 Å². The standard InChI is InChI=1S/C15H23N3O2S/c1-8(2)12-13(19)17-15(5,6)14(20)18(12)7-11-16-9(3)10(4)21-11/h8,12H,7H2,1-6H3,(H,17,19). The molecule has 0 aromatic carbocycles. The van der Waals surface area contributed by atoms with Crippen molar-refractivity contribution in [3.05, 3.63) is 15.6 Å². The molecular weight excluding hydrogens is 286 g/mol. The third-order valence-electron chi connectivity index (χ3n) is 3.85. The number of nitrogens with one attached hydrogen (secondary N) is 1. The lowest BCUT2D eigenvalue weighted by Crippen LogP contribution is -2.68. The molecule has 1 unspecified atom stereocenters. The zero-order valence-corrected chi connectivity index (χ0v) is 14.3. The normalized spacial score (nSPS) is 21.9. The van der Waals surface area contributed by atoms with Crippen LogP contribution in [0.15, 0.2) is 0 Å². The summed E-state index contributed by atoms with van der Waals surface area (Å²) < 4.78 is 0. The minimum Gasteiger partial charge on any atom is -0.340 e. The van der Waals surface area contributed by atoms with Crippen LogP contribution in [0.1, 0.15) is 43.3 Å². The first kappa shape index (κ1) is 15.9. The first-order valence-electron chi connectivity index (χ1n) is 7.19. The zero-order valence-electron chi connectivity index (χ0n) is 13.5. The number of aromatic nitrogens is 1. The fourth-order valence-electron chi connectivity index (χ4n) is 2.65. The minimum atomic E-state index is -0.857. The van der Waals surface area contributed by atoms with Crippen LogP contribution in [-0.4, -0.2) is 33.3 Å². The van der Waals surface area contributed by atoms with Crippen molar-refractivity contribution in [2.75, 3.05) is 0 Å². The van der Waals surface area contributed by atoms with E-state index in [0.717, 1.165) is 15.6 Å². The average Bonchev–Trinajstić information content (AvgIpc) is 2.64. The molecule has 0 aliphatic carbocycles. The molecule has 1 fully saturated rings. The van der Waals surface area contributed by atoms with E-state index in [1.54, 1.807) is 30.1 Å². The summed E-state index contributed by atoms with van der Waals surface area (Å²) in [4.78, 5) is 32.4. The van der Waals surface area contributed by atoms with Crippen molar-refractivity contribution in [2.24, 2.45) is 5.92 Å². The SMILES string of the molecule is Cc1nc(CN2C(=O)C(C)(C)NC(=O)C2C(C)C)sc1C. The Balaban J connectivity index is 2.34. The van der Waals surface area contributed by atoms with Crippen LogP contribution in [0.4, 0.5) is 0 Å². The molecule has 0 saturated carbocycles.